The van der Waals surface area contributed by atoms with E-state index in [-0.39, 0.29) is 6.42 Å². The van der Waals surface area contributed by atoms with E-state index in [1.807, 2.05) is 5.32 Å². The van der Waals surface area contributed by atoms with Gasteiger partial charge in [0.25, 0.3) is 0 Å². The summed E-state index contributed by atoms with van der Waals surface area (Å²) >= 11 is 0. The van der Waals surface area contributed by atoms with Gasteiger partial charge < -0.3 is 47.7 Å². The number of carbonyl (C=O) groups is 6. The molecule has 36 heavy (non-hydrogen) atoms. The zero-order valence-corrected chi connectivity index (χ0v) is 19.3. The number of carbonyl (C=O) groups excluding carboxylic acids is 3. The summed E-state index contributed by atoms with van der Waals surface area (Å²) in [6.45, 7) is 0.418. The largest absolute Gasteiger partial charge is 0.481 e. The van der Waals surface area contributed by atoms with Gasteiger partial charge in [-0.05, 0) is 19.4 Å². The number of hydrogen-bond donors (Lipinski definition) is 9. The smallest absolute Gasteiger partial charge is 0.326 e. The van der Waals surface area contributed by atoms with Crippen LogP contribution in [0.5, 0.6) is 0 Å². The minimum Gasteiger partial charge on any atom is -0.481 e. The van der Waals surface area contributed by atoms with Crippen molar-refractivity contribution in [3.63, 3.8) is 0 Å². The Kier molecular flexibility index (Phi) is 12.5. The number of imidazole rings is 1. The van der Waals surface area contributed by atoms with Crippen LogP contribution in [0.15, 0.2) is 12.5 Å². The second kappa shape index (κ2) is 15.0. The Morgan fingerprint density at radius 1 is 0.861 bits per heavy atom. The molecule has 0 aliphatic rings. The molecular formula is C20H31N7O9. The fourth-order valence-corrected chi connectivity index (χ4v) is 3.05. The molecule has 3 amide bonds. The number of carboxylic acid groups (broad SMARTS) is 3. The molecule has 0 aromatic carbocycles. The molecule has 11 N–H and O–H groups in total. The molecule has 0 saturated heterocycles. The van der Waals surface area contributed by atoms with Gasteiger partial charge in [0, 0.05) is 18.3 Å². The summed E-state index contributed by atoms with van der Waals surface area (Å²) in [5, 5.41) is 33.6. The molecule has 1 aromatic heterocycles. The number of aromatic amines is 1. The van der Waals surface area contributed by atoms with Gasteiger partial charge in [-0.15, -0.1) is 0 Å². The maximum absolute atomic E-state index is 13.0. The number of nitrogens with two attached hydrogens (primary N) is 2. The quantitative estimate of drug-likeness (QED) is 0.0936. The van der Waals surface area contributed by atoms with Gasteiger partial charge in [0.15, 0.2) is 0 Å². The van der Waals surface area contributed by atoms with E-state index < -0.39 is 72.6 Å². The van der Waals surface area contributed by atoms with Crippen molar-refractivity contribution >= 4 is 35.6 Å². The standard InChI is InChI=1S/C20H31N7O9/c21-4-2-1-3-11(22)17(32)25-12(5-10-8-23-9-24-10)18(33)26-13(6-15(28)29)19(34)27-14(20(35)36)7-16(30)31/h8-9,11-14H,1-7,21-22H2,(H,23,24)(H,25,32)(H,26,33)(H,27,34)(H,28,29)(H,30,31)(H,35,36). The van der Waals surface area contributed by atoms with Gasteiger partial charge in [-0.1, -0.05) is 6.42 Å². The van der Waals surface area contributed by atoms with Crippen LogP contribution in [0.25, 0.3) is 0 Å². The SMILES string of the molecule is NCCCCC(N)C(=O)NC(Cc1cnc[nH]1)C(=O)NC(CC(=O)O)C(=O)NC(CC(=O)O)C(=O)O. The predicted octanol–water partition coefficient (Wildman–Crippen LogP) is -3.10. The van der Waals surface area contributed by atoms with E-state index in [0.717, 1.165) is 0 Å². The summed E-state index contributed by atoms with van der Waals surface area (Å²) in [7, 11) is 0. The van der Waals surface area contributed by atoms with Gasteiger partial charge in [0.05, 0.1) is 25.2 Å². The second-order valence-electron chi connectivity index (χ2n) is 7.89. The van der Waals surface area contributed by atoms with Gasteiger partial charge in [0.2, 0.25) is 17.7 Å². The topological polar surface area (TPSA) is 280 Å². The molecule has 16 nitrogen and oxygen atoms in total. The van der Waals surface area contributed by atoms with Crippen molar-refractivity contribution in [1.82, 2.24) is 25.9 Å². The lowest BCUT2D eigenvalue weighted by atomic mass is 10.1. The van der Waals surface area contributed by atoms with E-state index in [2.05, 4.69) is 20.6 Å². The molecule has 1 rings (SSSR count). The molecule has 200 valence electrons. The second-order valence-corrected chi connectivity index (χ2v) is 7.89. The minimum atomic E-state index is -1.87. The Hall–Kier alpha value is -4.05. The highest BCUT2D eigenvalue weighted by atomic mass is 16.4. The molecule has 4 atom stereocenters. The van der Waals surface area contributed by atoms with E-state index in [9.17, 15) is 28.8 Å². The zero-order valence-electron chi connectivity index (χ0n) is 19.3. The number of rotatable bonds is 17. The molecule has 1 heterocycles. The molecule has 1 aromatic rings. The lowest BCUT2D eigenvalue weighted by Crippen LogP contribution is -2.58. The van der Waals surface area contributed by atoms with E-state index >= 15 is 0 Å². The van der Waals surface area contributed by atoms with Crippen LogP contribution >= 0.6 is 0 Å². The molecule has 0 fully saturated rings. The van der Waals surface area contributed by atoms with Crippen molar-refractivity contribution < 1.29 is 44.1 Å². The van der Waals surface area contributed by atoms with Crippen LogP contribution in [-0.2, 0) is 35.2 Å². The van der Waals surface area contributed by atoms with E-state index in [1.54, 1.807) is 0 Å². The number of hydrogen-bond acceptors (Lipinski definition) is 9. The monoisotopic (exact) mass is 513 g/mol. The molecular weight excluding hydrogens is 482 g/mol. The van der Waals surface area contributed by atoms with Crippen molar-refractivity contribution in [3.8, 4) is 0 Å². The van der Waals surface area contributed by atoms with Crippen molar-refractivity contribution in [3.05, 3.63) is 18.2 Å². The molecule has 0 radical (unpaired) electrons. The Balaban J connectivity index is 3.03. The van der Waals surface area contributed by atoms with Crippen molar-refractivity contribution in [2.75, 3.05) is 6.54 Å². The summed E-state index contributed by atoms with van der Waals surface area (Å²) < 4.78 is 0. The number of aromatic nitrogens is 2. The normalized spacial score (nSPS) is 14.1. The van der Waals surface area contributed by atoms with Gasteiger partial charge in [-0.25, -0.2) is 9.78 Å². The molecule has 4 unspecified atom stereocenters. The Labute approximate surface area is 205 Å². The van der Waals surface area contributed by atoms with E-state index in [4.69, 9.17) is 26.8 Å². The van der Waals surface area contributed by atoms with E-state index in [0.29, 0.717) is 31.5 Å². The third kappa shape index (κ3) is 10.9. The van der Waals surface area contributed by atoms with Crippen molar-refractivity contribution in [2.45, 2.75) is 62.7 Å². The van der Waals surface area contributed by atoms with Crippen LogP contribution in [0.3, 0.4) is 0 Å². The third-order valence-corrected chi connectivity index (χ3v) is 4.92. The van der Waals surface area contributed by atoms with Crippen molar-refractivity contribution in [1.29, 1.82) is 0 Å². The predicted molar refractivity (Wildman–Crippen MR) is 121 cm³/mol. The lowest BCUT2D eigenvalue weighted by molar-refractivity contribution is -0.148. The van der Waals surface area contributed by atoms with Gasteiger partial charge >= 0.3 is 17.9 Å². The number of H-pyrrole nitrogens is 1. The van der Waals surface area contributed by atoms with Gasteiger partial charge in [-0.3, -0.25) is 24.0 Å². The molecule has 0 saturated carbocycles. The maximum Gasteiger partial charge on any atom is 0.326 e. The number of amides is 3. The summed E-state index contributed by atoms with van der Waals surface area (Å²) in [6, 6.07) is -5.91. The van der Waals surface area contributed by atoms with Crippen LogP contribution < -0.4 is 27.4 Å². The van der Waals surface area contributed by atoms with Crippen LogP contribution in [0, 0.1) is 0 Å². The number of nitrogens with one attached hydrogen (secondary N) is 4. The zero-order chi connectivity index (χ0) is 27.3. The fourth-order valence-electron chi connectivity index (χ4n) is 3.05. The Morgan fingerprint density at radius 3 is 1.94 bits per heavy atom. The van der Waals surface area contributed by atoms with Crippen LogP contribution in [0.2, 0.25) is 0 Å². The highest BCUT2D eigenvalue weighted by Crippen LogP contribution is 2.05. The van der Waals surface area contributed by atoms with Crippen molar-refractivity contribution in [2.24, 2.45) is 11.5 Å². The van der Waals surface area contributed by atoms with Crippen LogP contribution in [0.4, 0.5) is 0 Å². The first-order chi connectivity index (χ1) is 16.9. The number of nitrogens with zero attached hydrogens (tertiary/aromatic N) is 1. The highest BCUT2D eigenvalue weighted by molar-refractivity contribution is 5.96. The summed E-state index contributed by atoms with van der Waals surface area (Å²) in [6.07, 6.45) is 2.19. The summed E-state index contributed by atoms with van der Waals surface area (Å²) in [4.78, 5) is 78.0. The Morgan fingerprint density at radius 2 is 1.42 bits per heavy atom. The average molecular weight is 514 g/mol. The summed E-state index contributed by atoms with van der Waals surface area (Å²) in [5.41, 5.74) is 11.7. The molecule has 0 bridgehead atoms. The maximum atomic E-state index is 13.0. The first-order valence-electron chi connectivity index (χ1n) is 10.9. The lowest BCUT2D eigenvalue weighted by Gasteiger charge is -2.24. The number of carboxylic acids is 3. The molecule has 0 aliphatic carbocycles. The molecule has 0 aliphatic heterocycles. The fraction of sp³-hybridized carbons (Fsp3) is 0.550. The number of unbranched alkanes of at least 4 members (excludes halogenated alkanes) is 1. The first-order valence-corrected chi connectivity index (χ1v) is 10.9. The average Bonchev–Trinajstić information content (AvgIpc) is 3.30. The van der Waals surface area contributed by atoms with Crippen LogP contribution in [-0.4, -0.2) is 91.6 Å². The summed E-state index contributed by atoms with van der Waals surface area (Å²) in [5.74, 6) is -7.55. The Bertz CT molecular complexity index is 923. The van der Waals surface area contributed by atoms with Gasteiger partial charge in [-0.2, -0.15) is 0 Å². The molecule has 0 spiro atoms. The number of aliphatic carboxylic acids is 3. The van der Waals surface area contributed by atoms with E-state index in [1.165, 1.54) is 12.5 Å². The van der Waals surface area contributed by atoms with Gasteiger partial charge in [0.1, 0.15) is 18.1 Å². The third-order valence-electron chi connectivity index (χ3n) is 4.92. The first kappa shape index (κ1) is 30.0. The highest BCUT2D eigenvalue weighted by Gasteiger charge is 2.32. The minimum absolute atomic E-state index is 0.120. The molecule has 16 heteroatoms. The van der Waals surface area contributed by atoms with Crippen LogP contribution in [0.1, 0.15) is 37.8 Å².